The van der Waals surface area contributed by atoms with Gasteiger partial charge in [0, 0.05) is 50.1 Å². The van der Waals surface area contributed by atoms with E-state index in [-0.39, 0.29) is 30.6 Å². The number of nitrogens with one attached hydrogen (secondary N) is 2. The van der Waals surface area contributed by atoms with Crippen LogP contribution >= 0.6 is 0 Å². The Bertz CT molecular complexity index is 894. The van der Waals surface area contributed by atoms with Crippen LogP contribution in [0.4, 0.5) is 15.8 Å². The van der Waals surface area contributed by atoms with Crippen molar-refractivity contribution in [1.29, 1.82) is 0 Å². The first-order chi connectivity index (χ1) is 15.0. The van der Waals surface area contributed by atoms with Crippen molar-refractivity contribution in [1.82, 2.24) is 9.80 Å². The summed E-state index contributed by atoms with van der Waals surface area (Å²) in [6.45, 7) is 3.02. The first kappa shape index (κ1) is 22.5. The molecule has 2 aromatic carbocycles. The molecule has 2 N–H and O–H groups in total. The number of ether oxygens (including phenoxy) is 2. The van der Waals surface area contributed by atoms with Crippen LogP contribution in [0, 0.1) is 5.82 Å². The van der Waals surface area contributed by atoms with Crippen LogP contribution in [0.5, 0.6) is 11.5 Å². The number of rotatable bonds is 8. The lowest BCUT2D eigenvalue weighted by Gasteiger charge is -2.33. The number of carbonyl (C=O) groups is 2. The zero-order valence-electron chi connectivity index (χ0n) is 17.7. The van der Waals surface area contributed by atoms with E-state index in [1.165, 1.54) is 12.1 Å². The van der Waals surface area contributed by atoms with Crippen LogP contribution in [0.2, 0.25) is 0 Å². The summed E-state index contributed by atoms with van der Waals surface area (Å²) in [6.07, 6.45) is 0. The number of halogens is 1. The van der Waals surface area contributed by atoms with Gasteiger partial charge in [-0.2, -0.15) is 0 Å². The Morgan fingerprint density at radius 1 is 0.871 bits per heavy atom. The minimum absolute atomic E-state index is 0.138. The second-order valence-corrected chi connectivity index (χ2v) is 7.23. The average Bonchev–Trinajstić information content (AvgIpc) is 2.76. The van der Waals surface area contributed by atoms with Crippen LogP contribution in [0.25, 0.3) is 0 Å². The highest BCUT2D eigenvalue weighted by molar-refractivity contribution is 5.93. The highest BCUT2D eigenvalue weighted by Gasteiger charge is 2.21. The fourth-order valence-corrected chi connectivity index (χ4v) is 3.34. The highest BCUT2D eigenvalue weighted by Crippen LogP contribution is 2.25. The van der Waals surface area contributed by atoms with Crippen LogP contribution in [0.1, 0.15) is 0 Å². The molecule has 2 amide bonds. The van der Waals surface area contributed by atoms with Gasteiger partial charge in [-0.1, -0.05) is 12.1 Å². The van der Waals surface area contributed by atoms with Gasteiger partial charge in [0.15, 0.2) is 0 Å². The summed E-state index contributed by atoms with van der Waals surface area (Å²) in [5.41, 5.74) is 0.779. The summed E-state index contributed by atoms with van der Waals surface area (Å²) < 4.78 is 24.1. The van der Waals surface area contributed by atoms with Crippen molar-refractivity contribution in [3.8, 4) is 11.5 Å². The first-order valence-corrected chi connectivity index (χ1v) is 9.99. The predicted molar refractivity (Wildman–Crippen MR) is 116 cm³/mol. The molecule has 9 heteroatoms. The quantitative estimate of drug-likeness (QED) is 0.667. The second kappa shape index (κ2) is 10.7. The number of anilines is 2. The molecule has 8 nitrogen and oxygen atoms in total. The van der Waals surface area contributed by atoms with E-state index in [9.17, 15) is 14.0 Å². The summed E-state index contributed by atoms with van der Waals surface area (Å²) in [5, 5.41) is 5.45. The molecule has 0 radical (unpaired) electrons. The van der Waals surface area contributed by atoms with E-state index >= 15 is 0 Å². The van der Waals surface area contributed by atoms with Gasteiger partial charge in [0.1, 0.15) is 17.3 Å². The molecule has 2 aromatic rings. The van der Waals surface area contributed by atoms with Crippen molar-refractivity contribution in [3.05, 3.63) is 48.3 Å². The molecule has 0 atom stereocenters. The molecule has 0 bridgehead atoms. The number of hydrogen-bond donors (Lipinski definition) is 2. The zero-order valence-corrected chi connectivity index (χ0v) is 17.7. The minimum Gasteiger partial charge on any atom is -0.497 e. The number of hydrogen-bond acceptors (Lipinski definition) is 6. The van der Waals surface area contributed by atoms with Crippen LogP contribution < -0.4 is 20.1 Å². The van der Waals surface area contributed by atoms with E-state index in [0.29, 0.717) is 43.4 Å². The van der Waals surface area contributed by atoms with Gasteiger partial charge < -0.3 is 20.1 Å². The number of nitrogens with zero attached hydrogens (tertiary/aromatic N) is 2. The Morgan fingerprint density at radius 2 is 1.39 bits per heavy atom. The molecule has 0 saturated carbocycles. The zero-order chi connectivity index (χ0) is 22.2. The third-order valence-corrected chi connectivity index (χ3v) is 4.98. The molecule has 166 valence electrons. The number of carbonyl (C=O) groups excluding carboxylic acids is 2. The lowest BCUT2D eigenvalue weighted by Crippen LogP contribution is -2.50. The number of methoxy groups -OCH3 is 2. The van der Waals surface area contributed by atoms with E-state index in [2.05, 4.69) is 10.6 Å². The topological polar surface area (TPSA) is 83.1 Å². The number of amides is 2. The van der Waals surface area contributed by atoms with E-state index in [4.69, 9.17) is 9.47 Å². The lowest BCUT2D eigenvalue weighted by atomic mass is 10.2. The van der Waals surface area contributed by atoms with Crippen molar-refractivity contribution in [2.24, 2.45) is 0 Å². The lowest BCUT2D eigenvalue weighted by molar-refractivity contribution is -0.120. The predicted octanol–water partition coefficient (Wildman–Crippen LogP) is 2.04. The summed E-state index contributed by atoms with van der Waals surface area (Å²) in [4.78, 5) is 28.6. The highest BCUT2D eigenvalue weighted by atomic mass is 19.1. The smallest absolute Gasteiger partial charge is 0.238 e. The molecule has 0 unspecified atom stereocenters. The molecule has 0 aliphatic carbocycles. The van der Waals surface area contributed by atoms with E-state index in [1.807, 2.05) is 9.80 Å². The third-order valence-electron chi connectivity index (χ3n) is 4.98. The molecule has 1 saturated heterocycles. The van der Waals surface area contributed by atoms with Crippen LogP contribution in [-0.2, 0) is 9.59 Å². The van der Waals surface area contributed by atoms with Gasteiger partial charge in [0.2, 0.25) is 11.8 Å². The number of benzene rings is 2. The first-order valence-electron chi connectivity index (χ1n) is 9.99. The maximum atomic E-state index is 13.7. The van der Waals surface area contributed by atoms with Crippen molar-refractivity contribution < 1.29 is 23.5 Å². The van der Waals surface area contributed by atoms with Gasteiger partial charge in [-0.05, 0) is 12.1 Å². The fraction of sp³-hybridized carbons (Fsp3) is 0.364. The van der Waals surface area contributed by atoms with Crippen molar-refractivity contribution in [2.45, 2.75) is 0 Å². The van der Waals surface area contributed by atoms with E-state index < -0.39 is 5.82 Å². The molecular weight excluding hydrogens is 403 g/mol. The van der Waals surface area contributed by atoms with Crippen LogP contribution in [0.3, 0.4) is 0 Å². The van der Waals surface area contributed by atoms with Gasteiger partial charge in [-0.25, -0.2) is 4.39 Å². The molecule has 0 aromatic heterocycles. The maximum Gasteiger partial charge on any atom is 0.238 e. The van der Waals surface area contributed by atoms with Gasteiger partial charge in [-0.3, -0.25) is 19.4 Å². The molecule has 3 rings (SSSR count). The van der Waals surface area contributed by atoms with Gasteiger partial charge in [0.25, 0.3) is 0 Å². The average molecular weight is 430 g/mol. The maximum absolute atomic E-state index is 13.7. The number of para-hydroxylation sites is 1. The Morgan fingerprint density at radius 3 is 1.90 bits per heavy atom. The second-order valence-electron chi connectivity index (χ2n) is 7.23. The minimum atomic E-state index is -0.458. The monoisotopic (exact) mass is 430 g/mol. The standard InChI is InChI=1S/C22H27FN4O4/c1-30-17-11-16(12-18(13-17)31-2)24-21(28)14-26-7-9-27(10-8-26)15-22(29)25-20-6-4-3-5-19(20)23/h3-6,11-13H,7-10,14-15H2,1-2H3,(H,24,28)(H,25,29). The Labute approximate surface area is 180 Å². The normalized spacial score (nSPS) is 14.7. The SMILES string of the molecule is COc1cc(NC(=O)CN2CCN(CC(=O)Nc3ccccc3F)CC2)cc(OC)c1. The Hall–Kier alpha value is -3.17. The van der Waals surface area contributed by atoms with Crippen molar-refractivity contribution in [2.75, 3.05) is 64.1 Å². The molecule has 0 spiro atoms. The molecule has 1 aliphatic rings. The Balaban J connectivity index is 1.43. The van der Waals surface area contributed by atoms with E-state index in [0.717, 1.165) is 0 Å². The van der Waals surface area contributed by atoms with Crippen LogP contribution in [-0.4, -0.2) is 75.1 Å². The fourth-order valence-electron chi connectivity index (χ4n) is 3.34. The summed E-state index contributed by atoms with van der Waals surface area (Å²) in [6, 6.07) is 11.3. The summed E-state index contributed by atoms with van der Waals surface area (Å²) in [5.74, 6) is 0.332. The Kier molecular flexibility index (Phi) is 7.80. The molecule has 31 heavy (non-hydrogen) atoms. The van der Waals surface area contributed by atoms with Gasteiger partial charge in [0.05, 0.1) is 33.0 Å². The summed E-state index contributed by atoms with van der Waals surface area (Å²) >= 11 is 0. The van der Waals surface area contributed by atoms with Gasteiger partial charge in [-0.15, -0.1) is 0 Å². The van der Waals surface area contributed by atoms with Crippen molar-refractivity contribution >= 4 is 23.2 Å². The molecule has 1 fully saturated rings. The van der Waals surface area contributed by atoms with E-state index in [1.54, 1.807) is 44.6 Å². The molecule has 1 heterocycles. The van der Waals surface area contributed by atoms with Crippen molar-refractivity contribution in [3.63, 3.8) is 0 Å². The van der Waals surface area contributed by atoms with Crippen LogP contribution in [0.15, 0.2) is 42.5 Å². The molecular formula is C22H27FN4O4. The third kappa shape index (κ3) is 6.66. The van der Waals surface area contributed by atoms with Gasteiger partial charge >= 0.3 is 0 Å². The largest absolute Gasteiger partial charge is 0.497 e. The molecule has 1 aliphatic heterocycles. The summed E-state index contributed by atoms with van der Waals surface area (Å²) in [7, 11) is 3.10. The number of piperazine rings is 1.